The van der Waals surface area contributed by atoms with Gasteiger partial charge in [-0.15, -0.1) is 0 Å². The van der Waals surface area contributed by atoms with Gasteiger partial charge in [0, 0.05) is 61.3 Å². The minimum Gasteiger partial charge on any atom is -0.353 e. The number of aromatic nitrogens is 4. The van der Waals surface area contributed by atoms with Crippen LogP contribution >= 0.6 is 11.6 Å². The molecule has 1 aliphatic carbocycles. The molecule has 6 rings (SSSR count). The SMILES string of the molecule is C=CC(=O)N1CCN(c2nc(N3CC(NC)C3)nc3c2C[C@@H](C)[C@H](c2c(C)c(Cl)cc4[nH]ncc24)C3)CC1. The van der Waals surface area contributed by atoms with E-state index in [0.717, 1.165) is 78.0 Å². The van der Waals surface area contributed by atoms with Crippen LogP contribution in [-0.4, -0.2) is 83.3 Å². The van der Waals surface area contributed by atoms with E-state index in [9.17, 15) is 4.79 Å². The average molecular weight is 535 g/mol. The first-order chi connectivity index (χ1) is 18.4. The number of carbonyl (C=O) groups excluding carboxylic acids is 1. The molecule has 3 aromatic rings. The number of hydrogen-bond acceptors (Lipinski definition) is 7. The number of halogens is 1. The smallest absolute Gasteiger partial charge is 0.246 e. The van der Waals surface area contributed by atoms with Gasteiger partial charge in [-0.05, 0) is 61.9 Å². The zero-order valence-electron chi connectivity index (χ0n) is 22.3. The highest BCUT2D eigenvalue weighted by Gasteiger charge is 2.36. The van der Waals surface area contributed by atoms with Crippen molar-refractivity contribution < 1.29 is 4.79 Å². The van der Waals surface area contributed by atoms with E-state index in [1.807, 2.05) is 24.2 Å². The number of carbonyl (C=O) groups is 1. The summed E-state index contributed by atoms with van der Waals surface area (Å²) in [5.41, 5.74) is 5.74. The summed E-state index contributed by atoms with van der Waals surface area (Å²) in [6.45, 7) is 12.7. The van der Waals surface area contributed by atoms with Crippen molar-refractivity contribution in [2.75, 3.05) is 56.1 Å². The second-order valence-corrected chi connectivity index (χ2v) is 11.3. The van der Waals surface area contributed by atoms with Crippen molar-refractivity contribution in [1.82, 2.24) is 30.4 Å². The monoisotopic (exact) mass is 534 g/mol. The summed E-state index contributed by atoms with van der Waals surface area (Å²) in [6.07, 6.45) is 5.05. The standard InChI is InChI=1S/C28H35ClN8O/c1-5-25(38)35-6-8-36(9-7-35)27-20-10-16(2)19(26-17(3)22(29)12-24-21(26)13-31-34-24)11-23(20)32-28(33-27)37-14-18(15-37)30-4/h5,12-13,16,18-19,30H,1,6-11,14-15H2,2-4H3,(H,31,34)/t16-,19-/m1/s1. The second-order valence-electron chi connectivity index (χ2n) is 10.9. The molecular formula is C28H35ClN8O. The second kappa shape index (κ2) is 9.85. The van der Waals surface area contributed by atoms with Crippen LogP contribution in [0.15, 0.2) is 24.9 Å². The molecule has 1 aromatic carbocycles. The molecular weight excluding hydrogens is 500 g/mol. The molecule has 9 nitrogen and oxygen atoms in total. The molecule has 0 radical (unpaired) electrons. The number of nitrogens with one attached hydrogen (secondary N) is 2. The molecule has 1 amide bonds. The van der Waals surface area contributed by atoms with Crippen LogP contribution < -0.4 is 15.1 Å². The number of benzene rings is 1. The first-order valence-electron chi connectivity index (χ1n) is 13.5. The van der Waals surface area contributed by atoms with Gasteiger partial charge in [0.05, 0.1) is 17.4 Å². The Balaban J connectivity index is 1.38. The third kappa shape index (κ3) is 4.22. The lowest BCUT2D eigenvalue weighted by atomic mass is 9.73. The molecule has 2 saturated heterocycles. The van der Waals surface area contributed by atoms with E-state index in [0.29, 0.717) is 25.0 Å². The topological polar surface area (TPSA) is 93.3 Å². The van der Waals surface area contributed by atoms with Gasteiger partial charge in [-0.25, -0.2) is 4.98 Å². The van der Waals surface area contributed by atoms with Gasteiger partial charge in [-0.3, -0.25) is 9.89 Å². The van der Waals surface area contributed by atoms with E-state index in [1.165, 1.54) is 17.2 Å². The number of piperazine rings is 1. The van der Waals surface area contributed by atoms with Crippen LogP contribution in [-0.2, 0) is 17.6 Å². The average Bonchev–Trinajstić information content (AvgIpc) is 3.36. The molecule has 38 heavy (non-hydrogen) atoms. The largest absolute Gasteiger partial charge is 0.353 e. The van der Waals surface area contributed by atoms with Crippen LogP contribution in [0.25, 0.3) is 10.9 Å². The van der Waals surface area contributed by atoms with Crippen molar-refractivity contribution in [3.05, 3.63) is 52.3 Å². The molecule has 10 heteroatoms. The maximum absolute atomic E-state index is 12.2. The van der Waals surface area contributed by atoms with Gasteiger partial charge in [-0.1, -0.05) is 25.1 Å². The minimum atomic E-state index is -0.00680. The maximum atomic E-state index is 12.2. The molecule has 2 aromatic heterocycles. The lowest BCUT2D eigenvalue weighted by molar-refractivity contribution is -0.126. The lowest BCUT2D eigenvalue weighted by Crippen LogP contribution is -2.58. The Hall–Kier alpha value is -3.17. The predicted molar refractivity (Wildman–Crippen MR) is 151 cm³/mol. The first kappa shape index (κ1) is 25.1. The Morgan fingerprint density at radius 3 is 2.66 bits per heavy atom. The van der Waals surface area contributed by atoms with E-state index in [2.05, 4.69) is 45.7 Å². The summed E-state index contributed by atoms with van der Waals surface area (Å²) in [4.78, 5) is 29.0. The van der Waals surface area contributed by atoms with Gasteiger partial charge in [0.1, 0.15) is 5.82 Å². The highest BCUT2D eigenvalue weighted by atomic mass is 35.5. The van der Waals surface area contributed by atoms with E-state index in [4.69, 9.17) is 21.6 Å². The molecule has 0 spiro atoms. The summed E-state index contributed by atoms with van der Waals surface area (Å²) in [7, 11) is 2.00. The Bertz CT molecular complexity index is 1390. The molecule has 2 fully saturated rings. The van der Waals surface area contributed by atoms with Crippen molar-refractivity contribution in [2.45, 2.75) is 38.6 Å². The molecule has 4 heterocycles. The number of rotatable bonds is 5. The molecule has 2 aliphatic heterocycles. The van der Waals surface area contributed by atoms with Crippen LogP contribution in [0.1, 0.15) is 35.2 Å². The van der Waals surface area contributed by atoms with Gasteiger partial charge >= 0.3 is 0 Å². The van der Waals surface area contributed by atoms with Crippen molar-refractivity contribution in [3.8, 4) is 0 Å². The maximum Gasteiger partial charge on any atom is 0.246 e. The number of anilines is 2. The van der Waals surface area contributed by atoms with Crippen LogP contribution in [0.2, 0.25) is 5.02 Å². The Labute approximate surface area is 228 Å². The molecule has 200 valence electrons. The molecule has 2 N–H and O–H groups in total. The van der Waals surface area contributed by atoms with Gasteiger partial charge in [0.15, 0.2) is 0 Å². The van der Waals surface area contributed by atoms with Crippen LogP contribution in [0.3, 0.4) is 0 Å². The number of hydrogen-bond donors (Lipinski definition) is 2. The summed E-state index contributed by atoms with van der Waals surface area (Å²) < 4.78 is 0. The van der Waals surface area contributed by atoms with Crippen molar-refractivity contribution in [3.63, 3.8) is 0 Å². The molecule has 0 saturated carbocycles. The Morgan fingerprint density at radius 2 is 1.95 bits per heavy atom. The number of amides is 1. The van der Waals surface area contributed by atoms with Crippen molar-refractivity contribution in [1.29, 1.82) is 0 Å². The van der Waals surface area contributed by atoms with Gasteiger partial charge < -0.3 is 20.0 Å². The molecule has 3 aliphatic rings. The number of H-pyrrole nitrogens is 1. The fraction of sp³-hybridized carbons (Fsp3) is 0.500. The van der Waals surface area contributed by atoms with E-state index < -0.39 is 0 Å². The van der Waals surface area contributed by atoms with Gasteiger partial charge in [0.2, 0.25) is 11.9 Å². The van der Waals surface area contributed by atoms with E-state index >= 15 is 0 Å². The summed E-state index contributed by atoms with van der Waals surface area (Å²) in [5.74, 6) is 2.49. The van der Waals surface area contributed by atoms with Crippen molar-refractivity contribution >= 4 is 40.2 Å². The quantitative estimate of drug-likeness (QED) is 0.486. The number of fused-ring (bicyclic) bond motifs is 2. The number of likely N-dealkylation sites (N-methyl/N-ethyl adjacent to an activating group) is 1. The Kier molecular flexibility index (Phi) is 6.52. The zero-order chi connectivity index (χ0) is 26.6. The van der Waals surface area contributed by atoms with E-state index in [-0.39, 0.29) is 11.8 Å². The van der Waals surface area contributed by atoms with E-state index in [1.54, 1.807) is 0 Å². The third-order valence-corrected chi connectivity index (χ3v) is 9.08. The zero-order valence-corrected chi connectivity index (χ0v) is 23.1. The highest BCUT2D eigenvalue weighted by molar-refractivity contribution is 6.32. The molecule has 2 atom stereocenters. The summed E-state index contributed by atoms with van der Waals surface area (Å²) in [5, 5.41) is 12.7. The molecule has 0 unspecified atom stereocenters. The number of aromatic amines is 1. The Morgan fingerprint density at radius 1 is 1.18 bits per heavy atom. The van der Waals surface area contributed by atoms with Crippen LogP contribution in [0.5, 0.6) is 0 Å². The lowest BCUT2D eigenvalue weighted by Gasteiger charge is -2.42. The van der Waals surface area contributed by atoms with Gasteiger partial charge in [-0.2, -0.15) is 10.1 Å². The number of nitrogens with zero attached hydrogens (tertiary/aromatic N) is 6. The fourth-order valence-electron chi connectivity index (χ4n) is 6.30. The van der Waals surface area contributed by atoms with Crippen LogP contribution in [0.4, 0.5) is 11.8 Å². The summed E-state index contributed by atoms with van der Waals surface area (Å²) >= 11 is 6.68. The molecule has 0 bridgehead atoms. The normalized spacial score (nSPS) is 21.9. The first-order valence-corrected chi connectivity index (χ1v) is 13.9. The minimum absolute atomic E-state index is 0.00680. The highest BCUT2D eigenvalue weighted by Crippen LogP contribution is 2.44. The predicted octanol–water partition coefficient (Wildman–Crippen LogP) is 3.08. The summed E-state index contributed by atoms with van der Waals surface area (Å²) in [6, 6.07) is 2.43. The van der Waals surface area contributed by atoms with Gasteiger partial charge in [0.25, 0.3) is 0 Å². The fourth-order valence-corrected chi connectivity index (χ4v) is 6.51. The third-order valence-electron chi connectivity index (χ3n) is 8.69. The van der Waals surface area contributed by atoms with Crippen LogP contribution in [0, 0.1) is 12.8 Å². The van der Waals surface area contributed by atoms with Crippen molar-refractivity contribution in [2.24, 2.45) is 5.92 Å².